The predicted molar refractivity (Wildman–Crippen MR) is 93.6 cm³/mol. The van der Waals surface area contributed by atoms with Gasteiger partial charge in [-0.15, -0.1) is 11.3 Å². The lowest BCUT2D eigenvalue weighted by molar-refractivity contribution is 0.0846. The number of amides is 2. The van der Waals surface area contributed by atoms with Crippen LogP contribution < -0.4 is 10.9 Å². The highest BCUT2D eigenvalue weighted by molar-refractivity contribution is 7.14. The van der Waals surface area contributed by atoms with Gasteiger partial charge < -0.3 is 0 Å². The van der Waals surface area contributed by atoms with Crippen molar-refractivity contribution in [1.29, 1.82) is 0 Å². The fourth-order valence-corrected chi connectivity index (χ4v) is 3.09. The van der Waals surface area contributed by atoms with Gasteiger partial charge in [-0.2, -0.15) is 0 Å². The van der Waals surface area contributed by atoms with Crippen LogP contribution in [0.3, 0.4) is 0 Å². The molecule has 1 heterocycles. The molecule has 0 aliphatic heterocycles. The van der Waals surface area contributed by atoms with Crippen LogP contribution >= 0.6 is 11.3 Å². The standard InChI is InChI=1S/C18H14FN3O2S/c1-11-20-15(12-7-3-2-4-8-12)16(25-11)18(24)22-21-17(23)13-9-5-6-10-14(13)19/h2-10H,1H3,(H,21,23)(H,22,24). The Bertz CT molecular complexity index is 925. The van der Waals surface area contributed by atoms with Gasteiger partial charge in [0.15, 0.2) is 0 Å². The van der Waals surface area contributed by atoms with Gasteiger partial charge in [-0.05, 0) is 19.1 Å². The zero-order chi connectivity index (χ0) is 17.8. The number of aryl methyl sites for hydroxylation is 1. The molecule has 3 aromatic rings. The van der Waals surface area contributed by atoms with E-state index in [1.54, 1.807) is 13.0 Å². The lowest BCUT2D eigenvalue weighted by Crippen LogP contribution is -2.41. The Balaban J connectivity index is 1.77. The molecule has 3 rings (SSSR count). The summed E-state index contributed by atoms with van der Waals surface area (Å²) in [6.45, 7) is 1.80. The molecular weight excluding hydrogens is 341 g/mol. The van der Waals surface area contributed by atoms with Gasteiger partial charge in [0.05, 0.1) is 16.3 Å². The van der Waals surface area contributed by atoms with Crippen molar-refractivity contribution in [3.8, 4) is 11.3 Å². The minimum Gasteiger partial charge on any atom is -0.267 e. The van der Waals surface area contributed by atoms with Gasteiger partial charge in [-0.3, -0.25) is 20.4 Å². The van der Waals surface area contributed by atoms with Crippen LogP contribution in [0.15, 0.2) is 54.6 Å². The number of benzene rings is 2. The van der Waals surface area contributed by atoms with Gasteiger partial charge in [0.1, 0.15) is 10.7 Å². The first-order valence-corrected chi connectivity index (χ1v) is 8.26. The third kappa shape index (κ3) is 3.72. The third-order valence-electron chi connectivity index (χ3n) is 3.40. The van der Waals surface area contributed by atoms with E-state index < -0.39 is 17.6 Å². The average molecular weight is 355 g/mol. The van der Waals surface area contributed by atoms with Crippen molar-refractivity contribution < 1.29 is 14.0 Å². The maximum atomic E-state index is 13.6. The molecule has 0 fully saturated rings. The number of hydrogen-bond acceptors (Lipinski definition) is 4. The largest absolute Gasteiger partial charge is 0.282 e. The van der Waals surface area contributed by atoms with Crippen LogP contribution in [0.5, 0.6) is 0 Å². The van der Waals surface area contributed by atoms with Crippen LogP contribution in [0.4, 0.5) is 4.39 Å². The summed E-state index contributed by atoms with van der Waals surface area (Å²) in [7, 11) is 0. The zero-order valence-corrected chi connectivity index (χ0v) is 14.1. The normalized spacial score (nSPS) is 10.3. The minimum absolute atomic E-state index is 0.147. The Morgan fingerprint density at radius 2 is 1.60 bits per heavy atom. The molecule has 0 unspecified atom stereocenters. The van der Waals surface area contributed by atoms with Gasteiger partial charge in [-0.1, -0.05) is 42.5 Å². The van der Waals surface area contributed by atoms with Crippen molar-refractivity contribution in [3.63, 3.8) is 0 Å². The average Bonchev–Trinajstić information content (AvgIpc) is 3.02. The Morgan fingerprint density at radius 3 is 2.32 bits per heavy atom. The highest BCUT2D eigenvalue weighted by atomic mass is 32.1. The number of halogens is 1. The van der Waals surface area contributed by atoms with E-state index in [0.29, 0.717) is 10.6 Å². The van der Waals surface area contributed by atoms with Gasteiger partial charge in [0.25, 0.3) is 11.8 Å². The minimum atomic E-state index is -0.728. The lowest BCUT2D eigenvalue weighted by Gasteiger charge is -2.08. The molecule has 2 amide bonds. The molecule has 0 saturated carbocycles. The summed E-state index contributed by atoms with van der Waals surface area (Å²) in [4.78, 5) is 29.2. The second-order valence-electron chi connectivity index (χ2n) is 5.16. The van der Waals surface area contributed by atoms with Crippen LogP contribution in [-0.4, -0.2) is 16.8 Å². The van der Waals surface area contributed by atoms with Crippen LogP contribution in [0.1, 0.15) is 25.0 Å². The molecule has 2 N–H and O–H groups in total. The molecule has 25 heavy (non-hydrogen) atoms. The van der Waals surface area contributed by atoms with Crippen molar-refractivity contribution >= 4 is 23.2 Å². The fraction of sp³-hybridized carbons (Fsp3) is 0.0556. The molecule has 0 saturated heterocycles. The maximum absolute atomic E-state index is 13.6. The highest BCUT2D eigenvalue weighted by Gasteiger charge is 2.19. The summed E-state index contributed by atoms with van der Waals surface area (Å²) >= 11 is 1.22. The van der Waals surface area contributed by atoms with E-state index in [9.17, 15) is 14.0 Å². The number of hydrazine groups is 1. The maximum Gasteiger partial charge on any atom is 0.282 e. The molecule has 2 aromatic carbocycles. The second kappa shape index (κ2) is 7.23. The van der Waals surface area contributed by atoms with E-state index in [0.717, 1.165) is 10.6 Å². The van der Waals surface area contributed by atoms with E-state index in [4.69, 9.17) is 0 Å². The first-order valence-electron chi connectivity index (χ1n) is 7.44. The summed E-state index contributed by atoms with van der Waals surface area (Å²) in [6, 6.07) is 14.8. The van der Waals surface area contributed by atoms with Gasteiger partial charge in [0, 0.05) is 5.56 Å². The monoisotopic (exact) mass is 355 g/mol. The predicted octanol–water partition coefficient (Wildman–Crippen LogP) is 3.33. The number of aromatic nitrogens is 1. The number of nitrogens with one attached hydrogen (secondary N) is 2. The molecule has 7 heteroatoms. The molecular formula is C18H14FN3O2S. The SMILES string of the molecule is Cc1nc(-c2ccccc2)c(C(=O)NNC(=O)c2ccccc2F)s1. The fourth-order valence-electron chi connectivity index (χ4n) is 2.26. The first-order chi connectivity index (χ1) is 12.1. The number of carbonyl (C=O) groups excluding carboxylic acids is 2. The highest BCUT2D eigenvalue weighted by Crippen LogP contribution is 2.27. The van der Waals surface area contributed by atoms with Gasteiger partial charge in [-0.25, -0.2) is 9.37 Å². The van der Waals surface area contributed by atoms with Crippen molar-refractivity contribution in [2.75, 3.05) is 0 Å². The number of thiazole rings is 1. The molecule has 126 valence electrons. The van der Waals surface area contributed by atoms with Crippen LogP contribution in [-0.2, 0) is 0 Å². The number of hydrogen-bond donors (Lipinski definition) is 2. The third-order valence-corrected chi connectivity index (χ3v) is 4.37. The molecule has 1 aromatic heterocycles. The van der Waals surface area contributed by atoms with Crippen LogP contribution in [0.2, 0.25) is 0 Å². The van der Waals surface area contributed by atoms with Crippen molar-refractivity contribution in [1.82, 2.24) is 15.8 Å². The quantitative estimate of drug-likeness (QED) is 0.708. The summed E-state index contributed by atoms with van der Waals surface area (Å²) < 4.78 is 13.6. The Labute approximate surface area is 147 Å². The molecule has 5 nitrogen and oxygen atoms in total. The molecule has 0 spiro atoms. The Kier molecular flexibility index (Phi) is 4.85. The van der Waals surface area contributed by atoms with E-state index >= 15 is 0 Å². The Morgan fingerprint density at radius 1 is 0.960 bits per heavy atom. The topological polar surface area (TPSA) is 71.1 Å². The Hall–Kier alpha value is -3.06. The van der Waals surface area contributed by atoms with Crippen molar-refractivity contribution in [2.45, 2.75) is 6.92 Å². The summed E-state index contributed by atoms with van der Waals surface area (Å²) in [5.41, 5.74) is 5.74. The lowest BCUT2D eigenvalue weighted by atomic mass is 10.1. The van der Waals surface area contributed by atoms with Crippen molar-refractivity contribution in [2.24, 2.45) is 0 Å². The van der Waals surface area contributed by atoms with E-state index in [-0.39, 0.29) is 5.56 Å². The van der Waals surface area contributed by atoms with E-state index in [1.807, 2.05) is 30.3 Å². The molecule has 0 atom stereocenters. The molecule has 0 aliphatic rings. The van der Waals surface area contributed by atoms with Crippen LogP contribution in [0.25, 0.3) is 11.3 Å². The number of nitrogens with zero attached hydrogens (tertiary/aromatic N) is 1. The number of carbonyl (C=O) groups is 2. The second-order valence-corrected chi connectivity index (χ2v) is 6.37. The smallest absolute Gasteiger partial charge is 0.267 e. The summed E-state index contributed by atoms with van der Waals surface area (Å²) in [5.74, 6) is -1.89. The molecule has 0 bridgehead atoms. The summed E-state index contributed by atoms with van der Waals surface area (Å²) in [6.07, 6.45) is 0. The summed E-state index contributed by atoms with van der Waals surface area (Å²) in [5, 5.41) is 0.726. The van der Waals surface area contributed by atoms with Gasteiger partial charge >= 0.3 is 0 Å². The molecule has 0 aliphatic carbocycles. The first kappa shape index (κ1) is 16.8. The van der Waals surface area contributed by atoms with Crippen LogP contribution in [0, 0.1) is 12.7 Å². The van der Waals surface area contributed by atoms with Crippen molar-refractivity contribution in [3.05, 3.63) is 75.9 Å². The van der Waals surface area contributed by atoms with E-state index in [2.05, 4.69) is 15.8 Å². The number of rotatable bonds is 3. The van der Waals surface area contributed by atoms with E-state index in [1.165, 1.54) is 29.5 Å². The zero-order valence-electron chi connectivity index (χ0n) is 13.2. The van der Waals surface area contributed by atoms with Gasteiger partial charge in [0.2, 0.25) is 0 Å². The molecule has 0 radical (unpaired) electrons.